The Kier molecular flexibility index (Phi) is 6.17. The number of aliphatic carboxylic acids is 1. The number of nitrogens with zero attached hydrogens (tertiary/aromatic N) is 1. The summed E-state index contributed by atoms with van der Waals surface area (Å²) in [4.78, 5) is 24.1. The largest absolute Gasteiger partial charge is 0.493 e. The van der Waals surface area contributed by atoms with Gasteiger partial charge in [-0.3, -0.25) is 9.59 Å². The highest BCUT2D eigenvalue weighted by atomic mass is 35.5. The number of rotatable bonds is 6. The topological polar surface area (TPSA) is 98.9 Å². The van der Waals surface area contributed by atoms with Crippen molar-refractivity contribution in [3.05, 3.63) is 70.1 Å². The molecule has 2 heterocycles. The molecule has 0 fully saturated rings. The number of ketones is 1. The summed E-state index contributed by atoms with van der Waals surface area (Å²) in [7, 11) is 0. The van der Waals surface area contributed by atoms with Crippen LogP contribution in [0, 0.1) is 0 Å². The SMILES string of the molecule is CC(C)(C)c1cc(CC(=O)c2ccc(Oc3cc4c(cc3Cl)C(C(=O)O)CCO4)cc2)no1. The fourth-order valence-corrected chi connectivity index (χ4v) is 3.79. The minimum absolute atomic E-state index is 0.0877. The van der Waals surface area contributed by atoms with E-state index < -0.39 is 11.9 Å². The van der Waals surface area contributed by atoms with Gasteiger partial charge in [0.25, 0.3) is 0 Å². The first-order chi connectivity index (χ1) is 15.6. The molecule has 1 aliphatic rings. The minimum atomic E-state index is -0.912. The maximum atomic E-state index is 12.6. The second kappa shape index (κ2) is 8.90. The number of fused-ring (bicyclic) bond motifs is 1. The van der Waals surface area contributed by atoms with E-state index in [1.807, 2.05) is 26.8 Å². The highest BCUT2D eigenvalue weighted by Crippen LogP contribution is 2.41. The Labute approximate surface area is 196 Å². The van der Waals surface area contributed by atoms with Crippen molar-refractivity contribution in [1.29, 1.82) is 0 Å². The van der Waals surface area contributed by atoms with Crippen molar-refractivity contribution in [1.82, 2.24) is 5.16 Å². The maximum absolute atomic E-state index is 12.6. The molecule has 2 aromatic carbocycles. The molecule has 33 heavy (non-hydrogen) atoms. The minimum Gasteiger partial charge on any atom is -0.493 e. The number of hydrogen-bond acceptors (Lipinski definition) is 6. The van der Waals surface area contributed by atoms with Gasteiger partial charge in [0.05, 0.1) is 29.7 Å². The molecule has 1 N–H and O–H groups in total. The number of aromatic nitrogens is 1. The summed E-state index contributed by atoms with van der Waals surface area (Å²) in [5.74, 6) is 0.347. The van der Waals surface area contributed by atoms with Gasteiger partial charge in [0, 0.05) is 28.7 Å². The molecule has 8 heteroatoms. The Balaban J connectivity index is 1.46. The molecule has 0 aliphatic carbocycles. The highest BCUT2D eigenvalue weighted by molar-refractivity contribution is 6.32. The Morgan fingerprint density at radius 1 is 1.18 bits per heavy atom. The van der Waals surface area contributed by atoms with Crippen molar-refractivity contribution in [2.24, 2.45) is 0 Å². The third kappa shape index (κ3) is 5.03. The molecular weight excluding hydrogens is 446 g/mol. The molecule has 1 unspecified atom stereocenters. The number of carbonyl (C=O) groups excluding carboxylic acids is 1. The van der Waals surface area contributed by atoms with Crippen molar-refractivity contribution in [3.63, 3.8) is 0 Å². The molecule has 0 saturated carbocycles. The van der Waals surface area contributed by atoms with Gasteiger partial charge in [-0.2, -0.15) is 0 Å². The summed E-state index contributed by atoms with van der Waals surface area (Å²) >= 11 is 6.34. The molecule has 0 spiro atoms. The molecular formula is C25H24ClNO6. The first kappa shape index (κ1) is 22.9. The van der Waals surface area contributed by atoms with Gasteiger partial charge < -0.3 is 19.1 Å². The average molecular weight is 470 g/mol. The molecule has 0 saturated heterocycles. The van der Waals surface area contributed by atoms with Crippen LogP contribution in [0.5, 0.6) is 17.2 Å². The molecule has 0 bridgehead atoms. The number of ether oxygens (including phenoxy) is 2. The lowest BCUT2D eigenvalue weighted by Gasteiger charge is -2.24. The molecule has 1 aromatic heterocycles. The molecule has 0 radical (unpaired) electrons. The van der Waals surface area contributed by atoms with Crippen LogP contribution >= 0.6 is 11.6 Å². The van der Waals surface area contributed by atoms with Gasteiger partial charge in [0.2, 0.25) is 0 Å². The van der Waals surface area contributed by atoms with Crippen molar-refractivity contribution in [3.8, 4) is 17.2 Å². The maximum Gasteiger partial charge on any atom is 0.311 e. The summed E-state index contributed by atoms with van der Waals surface area (Å²) in [5, 5.41) is 13.7. The zero-order valence-corrected chi connectivity index (χ0v) is 19.3. The summed E-state index contributed by atoms with van der Waals surface area (Å²) in [5.41, 5.74) is 1.47. The molecule has 1 aliphatic heterocycles. The van der Waals surface area contributed by atoms with Crippen LogP contribution in [0.3, 0.4) is 0 Å². The fraction of sp³-hybridized carbons (Fsp3) is 0.320. The van der Waals surface area contributed by atoms with Crippen molar-refractivity contribution in [2.75, 3.05) is 6.61 Å². The van der Waals surface area contributed by atoms with E-state index >= 15 is 0 Å². The van der Waals surface area contributed by atoms with Crippen LogP contribution < -0.4 is 9.47 Å². The van der Waals surface area contributed by atoms with Crippen molar-refractivity contribution < 1.29 is 28.7 Å². The number of Topliss-reactive ketones (excluding diaryl/α,β-unsaturated/α-hetero) is 1. The van der Waals surface area contributed by atoms with E-state index in [0.717, 1.165) is 5.76 Å². The van der Waals surface area contributed by atoms with Gasteiger partial charge in [0.1, 0.15) is 23.0 Å². The van der Waals surface area contributed by atoms with Gasteiger partial charge in [-0.15, -0.1) is 0 Å². The lowest BCUT2D eigenvalue weighted by atomic mass is 9.93. The third-order valence-corrected chi connectivity index (χ3v) is 5.74. The summed E-state index contributed by atoms with van der Waals surface area (Å²) in [6, 6.07) is 11.7. The molecule has 172 valence electrons. The Morgan fingerprint density at radius 3 is 2.55 bits per heavy atom. The summed E-state index contributed by atoms with van der Waals surface area (Å²) < 4.78 is 16.8. The number of halogens is 1. The average Bonchev–Trinajstić information content (AvgIpc) is 3.23. The second-order valence-corrected chi connectivity index (χ2v) is 9.41. The monoisotopic (exact) mass is 469 g/mol. The summed E-state index contributed by atoms with van der Waals surface area (Å²) in [6.07, 6.45) is 0.527. The Hall–Kier alpha value is -3.32. The van der Waals surface area contributed by atoms with Crippen LogP contribution in [-0.2, 0) is 16.6 Å². The lowest BCUT2D eigenvalue weighted by molar-refractivity contribution is -0.139. The van der Waals surface area contributed by atoms with Crippen LogP contribution in [-0.4, -0.2) is 28.6 Å². The van der Waals surface area contributed by atoms with Gasteiger partial charge in [-0.1, -0.05) is 37.5 Å². The molecule has 0 amide bonds. The van der Waals surface area contributed by atoms with E-state index in [-0.39, 0.29) is 22.6 Å². The fourth-order valence-electron chi connectivity index (χ4n) is 3.58. The quantitative estimate of drug-likeness (QED) is 0.456. The van der Waals surface area contributed by atoms with E-state index in [4.69, 9.17) is 25.6 Å². The summed E-state index contributed by atoms with van der Waals surface area (Å²) in [6.45, 7) is 6.36. The molecule has 3 aromatic rings. The van der Waals surface area contributed by atoms with Crippen molar-refractivity contribution in [2.45, 2.75) is 44.9 Å². The van der Waals surface area contributed by atoms with Crippen LogP contribution in [0.4, 0.5) is 0 Å². The van der Waals surface area contributed by atoms with E-state index in [0.29, 0.717) is 47.1 Å². The predicted octanol–water partition coefficient (Wildman–Crippen LogP) is 5.79. The van der Waals surface area contributed by atoms with Crippen LogP contribution in [0.1, 0.15) is 60.5 Å². The van der Waals surface area contributed by atoms with E-state index in [1.165, 1.54) is 0 Å². The van der Waals surface area contributed by atoms with Crippen molar-refractivity contribution >= 4 is 23.4 Å². The second-order valence-electron chi connectivity index (χ2n) is 9.01. The number of benzene rings is 2. The predicted molar refractivity (Wildman–Crippen MR) is 122 cm³/mol. The Bertz CT molecular complexity index is 1190. The standard InChI is InChI=1S/C25H24ClNO6/c1-25(2,3)23-11-15(27-33-23)10-20(28)14-4-6-16(7-5-14)32-22-13-21-18(12-19(22)26)17(24(29)30)8-9-31-21/h4-7,11-13,17H,8-10H2,1-3H3,(H,29,30). The van der Waals surface area contributed by atoms with Crippen LogP contribution in [0.15, 0.2) is 47.0 Å². The van der Waals surface area contributed by atoms with Gasteiger partial charge >= 0.3 is 5.97 Å². The van der Waals surface area contributed by atoms with Gasteiger partial charge in [-0.05, 0) is 36.8 Å². The third-order valence-electron chi connectivity index (χ3n) is 5.45. The smallest absolute Gasteiger partial charge is 0.311 e. The molecule has 7 nitrogen and oxygen atoms in total. The number of carbonyl (C=O) groups is 2. The van der Waals surface area contributed by atoms with Crippen LogP contribution in [0.25, 0.3) is 0 Å². The van der Waals surface area contributed by atoms with E-state index in [2.05, 4.69) is 5.16 Å². The van der Waals surface area contributed by atoms with Gasteiger partial charge in [0.15, 0.2) is 5.78 Å². The normalized spacial score (nSPS) is 15.5. The van der Waals surface area contributed by atoms with Gasteiger partial charge in [-0.25, -0.2) is 0 Å². The zero-order valence-electron chi connectivity index (χ0n) is 18.6. The first-order valence-corrected chi connectivity index (χ1v) is 11.0. The number of carboxylic acids is 1. The first-order valence-electron chi connectivity index (χ1n) is 10.6. The Morgan fingerprint density at radius 2 is 1.91 bits per heavy atom. The molecule has 1 atom stereocenters. The van der Waals surface area contributed by atoms with E-state index in [9.17, 15) is 14.7 Å². The number of carboxylic acid groups (broad SMARTS) is 1. The lowest BCUT2D eigenvalue weighted by Crippen LogP contribution is -2.20. The number of hydrogen-bond donors (Lipinski definition) is 1. The molecule has 4 rings (SSSR count). The highest BCUT2D eigenvalue weighted by Gasteiger charge is 2.29. The zero-order chi connectivity index (χ0) is 23.8. The van der Waals surface area contributed by atoms with E-state index in [1.54, 1.807) is 36.4 Å². The van der Waals surface area contributed by atoms with Crippen LogP contribution in [0.2, 0.25) is 5.02 Å².